The predicted molar refractivity (Wildman–Crippen MR) is 80.1 cm³/mol. The third kappa shape index (κ3) is 4.44. The minimum Gasteiger partial charge on any atom is -0.0984 e. The first-order chi connectivity index (χ1) is 7.71. The molecule has 0 amide bonds. The molecule has 1 aromatic rings. The molecule has 0 heteroatoms. The van der Waals surface area contributed by atoms with Crippen LogP contribution in [0.1, 0.15) is 38.8 Å². The molecule has 0 saturated carbocycles. The topological polar surface area (TPSA) is 0 Å². The molecule has 0 aliphatic heterocycles. The summed E-state index contributed by atoms with van der Waals surface area (Å²) in [6.45, 7) is 10.2. The lowest BCUT2D eigenvalue weighted by atomic mass is 10.0. The van der Waals surface area contributed by atoms with Gasteiger partial charge in [-0.3, -0.25) is 0 Å². The van der Waals surface area contributed by atoms with Gasteiger partial charge in [0.25, 0.3) is 0 Å². The SMILES string of the molecule is C.C=C/C(=C\C(=C/C)CC)c1ccc(C)cc1. The van der Waals surface area contributed by atoms with Crippen LogP contribution in [-0.2, 0) is 0 Å². The quantitative estimate of drug-likeness (QED) is 0.592. The van der Waals surface area contributed by atoms with Crippen LogP contribution in [0.4, 0.5) is 0 Å². The molecule has 0 fully saturated rings. The van der Waals surface area contributed by atoms with E-state index in [2.05, 4.69) is 63.8 Å². The van der Waals surface area contributed by atoms with E-state index in [1.54, 1.807) is 0 Å². The fraction of sp³-hybridized carbons (Fsp3) is 0.294. The molecule has 0 radical (unpaired) electrons. The molecule has 92 valence electrons. The number of hydrogen-bond acceptors (Lipinski definition) is 0. The summed E-state index contributed by atoms with van der Waals surface area (Å²) in [5, 5.41) is 0. The van der Waals surface area contributed by atoms with Crippen LogP contribution < -0.4 is 0 Å². The van der Waals surface area contributed by atoms with E-state index in [0.717, 1.165) is 6.42 Å². The third-order valence-corrected chi connectivity index (χ3v) is 2.72. The first-order valence-electron chi connectivity index (χ1n) is 5.77. The van der Waals surface area contributed by atoms with Gasteiger partial charge in [0.05, 0.1) is 0 Å². The summed E-state index contributed by atoms with van der Waals surface area (Å²) >= 11 is 0. The number of rotatable bonds is 4. The average molecular weight is 228 g/mol. The van der Waals surface area contributed by atoms with Gasteiger partial charge in [0.2, 0.25) is 0 Å². The summed E-state index contributed by atoms with van der Waals surface area (Å²) in [6, 6.07) is 8.56. The van der Waals surface area contributed by atoms with E-state index in [-0.39, 0.29) is 7.43 Å². The van der Waals surface area contributed by atoms with Gasteiger partial charge < -0.3 is 0 Å². The van der Waals surface area contributed by atoms with E-state index in [1.165, 1.54) is 22.3 Å². The van der Waals surface area contributed by atoms with Crippen molar-refractivity contribution in [3.05, 3.63) is 65.8 Å². The zero-order valence-electron chi connectivity index (χ0n) is 10.5. The Morgan fingerprint density at radius 2 is 1.82 bits per heavy atom. The van der Waals surface area contributed by atoms with E-state index < -0.39 is 0 Å². The van der Waals surface area contributed by atoms with Gasteiger partial charge in [0.1, 0.15) is 0 Å². The van der Waals surface area contributed by atoms with Gasteiger partial charge in [0.15, 0.2) is 0 Å². The third-order valence-electron chi connectivity index (χ3n) is 2.72. The predicted octanol–water partition coefficient (Wildman–Crippen LogP) is 5.56. The van der Waals surface area contributed by atoms with E-state index in [0.29, 0.717) is 0 Å². The maximum Gasteiger partial charge on any atom is -0.0184 e. The summed E-state index contributed by atoms with van der Waals surface area (Å²) in [5.41, 5.74) is 5.05. The molecular weight excluding hydrogens is 204 g/mol. The molecule has 0 heterocycles. The zero-order chi connectivity index (χ0) is 12.0. The Hall–Kier alpha value is -1.56. The van der Waals surface area contributed by atoms with E-state index in [4.69, 9.17) is 0 Å². The Bertz CT molecular complexity index is 402. The normalized spacial score (nSPS) is 11.9. The molecular formula is C17H24. The number of aryl methyl sites for hydroxylation is 1. The van der Waals surface area contributed by atoms with Crippen LogP contribution in [-0.4, -0.2) is 0 Å². The minimum atomic E-state index is 0. The van der Waals surface area contributed by atoms with E-state index in [9.17, 15) is 0 Å². The van der Waals surface area contributed by atoms with Crippen molar-refractivity contribution in [2.75, 3.05) is 0 Å². The molecule has 1 rings (SSSR count). The van der Waals surface area contributed by atoms with Crippen molar-refractivity contribution in [1.29, 1.82) is 0 Å². The van der Waals surface area contributed by atoms with Crippen molar-refractivity contribution in [3.63, 3.8) is 0 Å². The molecule has 0 aromatic heterocycles. The maximum absolute atomic E-state index is 3.89. The molecule has 0 bridgehead atoms. The molecule has 0 atom stereocenters. The standard InChI is InChI=1S/C16H20.CH4/c1-5-14(6-2)12-15(7-3)16-10-8-13(4)9-11-16;/h5,7-12H,3,6H2,1-2,4H3;1H4/b14-5-,15-12+;. The molecule has 0 saturated heterocycles. The Kier molecular flexibility index (Phi) is 6.97. The molecule has 0 unspecified atom stereocenters. The van der Waals surface area contributed by atoms with E-state index >= 15 is 0 Å². The van der Waals surface area contributed by atoms with Crippen LogP contribution in [0.3, 0.4) is 0 Å². The van der Waals surface area contributed by atoms with Crippen molar-refractivity contribution in [2.24, 2.45) is 0 Å². The molecule has 0 nitrogen and oxygen atoms in total. The summed E-state index contributed by atoms with van der Waals surface area (Å²) in [5.74, 6) is 0. The molecule has 0 aliphatic carbocycles. The second kappa shape index (κ2) is 7.67. The lowest BCUT2D eigenvalue weighted by molar-refractivity contribution is 1.14. The summed E-state index contributed by atoms with van der Waals surface area (Å²) in [6.07, 6.45) is 7.33. The fourth-order valence-electron chi connectivity index (χ4n) is 1.60. The van der Waals surface area contributed by atoms with Crippen LogP contribution in [0, 0.1) is 6.92 Å². The van der Waals surface area contributed by atoms with Crippen molar-refractivity contribution >= 4 is 5.57 Å². The van der Waals surface area contributed by atoms with Gasteiger partial charge in [-0.1, -0.05) is 74.6 Å². The highest BCUT2D eigenvalue weighted by molar-refractivity contribution is 5.75. The van der Waals surface area contributed by atoms with Gasteiger partial charge in [-0.2, -0.15) is 0 Å². The molecule has 0 spiro atoms. The van der Waals surface area contributed by atoms with Crippen molar-refractivity contribution in [1.82, 2.24) is 0 Å². The van der Waals surface area contributed by atoms with Crippen molar-refractivity contribution in [3.8, 4) is 0 Å². The van der Waals surface area contributed by atoms with Crippen LogP contribution in [0.2, 0.25) is 0 Å². The van der Waals surface area contributed by atoms with Gasteiger partial charge in [-0.15, -0.1) is 0 Å². The van der Waals surface area contributed by atoms with Crippen molar-refractivity contribution < 1.29 is 0 Å². The number of hydrogen-bond donors (Lipinski definition) is 0. The van der Waals surface area contributed by atoms with E-state index in [1.807, 2.05) is 6.08 Å². The van der Waals surface area contributed by atoms with Crippen LogP contribution in [0.15, 0.2) is 54.6 Å². The Balaban J connectivity index is 0.00000256. The largest absolute Gasteiger partial charge is 0.0984 e. The number of benzene rings is 1. The number of allylic oxidation sites excluding steroid dienone is 5. The minimum absolute atomic E-state index is 0. The average Bonchev–Trinajstić information content (AvgIpc) is 2.32. The highest BCUT2D eigenvalue weighted by atomic mass is 14.0. The molecule has 0 aliphatic rings. The Morgan fingerprint density at radius 3 is 2.24 bits per heavy atom. The monoisotopic (exact) mass is 228 g/mol. The Labute approximate surface area is 106 Å². The molecule has 1 aromatic carbocycles. The first kappa shape index (κ1) is 15.4. The van der Waals surface area contributed by atoms with Crippen LogP contribution in [0.5, 0.6) is 0 Å². The maximum atomic E-state index is 3.89. The highest BCUT2D eigenvalue weighted by Crippen LogP contribution is 2.19. The smallest absolute Gasteiger partial charge is 0.0184 e. The second-order valence-electron chi connectivity index (χ2n) is 3.89. The van der Waals surface area contributed by atoms with Crippen LogP contribution >= 0.6 is 0 Å². The molecule has 17 heavy (non-hydrogen) atoms. The lowest BCUT2D eigenvalue weighted by Crippen LogP contribution is -1.83. The highest BCUT2D eigenvalue weighted by Gasteiger charge is 1.97. The lowest BCUT2D eigenvalue weighted by Gasteiger charge is -2.04. The second-order valence-corrected chi connectivity index (χ2v) is 3.89. The van der Waals surface area contributed by atoms with Gasteiger partial charge in [-0.25, -0.2) is 0 Å². The first-order valence-corrected chi connectivity index (χ1v) is 5.77. The summed E-state index contributed by atoms with van der Waals surface area (Å²) in [7, 11) is 0. The summed E-state index contributed by atoms with van der Waals surface area (Å²) in [4.78, 5) is 0. The van der Waals surface area contributed by atoms with Gasteiger partial charge in [0, 0.05) is 0 Å². The van der Waals surface area contributed by atoms with Gasteiger partial charge >= 0.3 is 0 Å². The van der Waals surface area contributed by atoms with Gasteiger partial charge in [-0.05, 0) is 31.4 Å². The fourth-order valence-corrected chi connectivity index (χ4v) is 1.60. The zero-order valence-corrected chi connectivity index (χ0v) is 10.5. The molecule has 0 N–H and O–H groups in total. The Morgan fingerprint density at radius 1 is 1.24 bits per heavy atom. The van der Waals surface area contributed by atoms with Crippen LogP contribution in [0.25, 0.3) is 5.57 Å². The summed E-state index contributed by atoms with van der Waals surface area (Å²) < 4.78 is 0. The van der Waals surface area contributed by atoms with Crippen molar-refractivity contribution in [2.45, 2.75) is 34.6 Å².